The minimum absolute atomic E-state index is 0.0129. The van der Waals surface area contributed by atoms with Gasteiger partial charge < -0.3 is 19.4 Å². The maximum Gasteiger partial charge on any atom is 0.410 e. The van der Waals surface area contributed by atoms with E-state index in [0.29, 0.717) is 32.8 Å². The van der Waals surface area contributed by atoms with Crippen molar-refractivity contribution >= 4 is 17.6 Å². The number of hydrogen-bond acceptors (Lipinski definition) is 4. The zero-order chi connectivity index (χ0) is 27.4. The summed E-state index contributed by atoms with van der Waals surface area (Å²) in [7, 11) is 1.99. The summed E-state index contributed by atoms with van der Waals surface area (Å²) in [4.78, 5) is 31.6. The number of allylic oxidation sites excluding steroid dienone is 4. The Morgan fingerprint density at radius 2 is 1.69 bits per heavy atom. The molecule has 2 aromatic rings. The van der Waals surface area contributed by atoms with Crippen LogP contribution in [0.1, 0.15) is 43.4 Å². The van der Waals surface area contributed by atoms with E-state index in [-0.39, 0.29) is 23.5 Å². The van der Waals surface area contributed by atoms with Crippen LogP contribution in [0.15, 0.2) is 84.6 Å². The Balaban J connectivity index is 1.32. The van der Waals surface area contributed by atoms with Crippen LogP contribution in [0.25, 0.3) is 5.57 Å². The largest absolute Gasteiger partial charge is 0.445 e. The van der Waals surface area contributed by atoms with Crippen LogP contribution in [0, 0.1) is 5.41 Å². The minimum atomic E-state index is -0.285. The summed E-state index contributed by atoms with van der Waals surface area (Å²) < 4.78 is 5.61. The number of hydrogen-bond donors (Lipinski definition) is 0. The molecule has 1 atom stereocenters. The van der Waals surface area contributed by atoms with E-state index in [2.05, 4.69) is 42.6 Å². The van der Waals surface area contributed by atoms with Crippen LogP contribution in [0.3, 0.4) is 0 Å². The van der Waals surface area contributed by atoms with Crippen molar-refractivity contribution in [2.75, 3.05) is 33.2 Å². The maximum atomic E-state index is 13.1. The van der Waals surface area contributed by atoms with E-state index in [1.165, 1.54) is 16.7 Å². The third-order valence-corrected chi connectivity index (χ3v) is 8.40. The Bertz CT molecular complexity index is 1280. The molecule has 1 saturated heterocycles. The lowest BCUT2D eigenvalue weighted by atomic mass is 9.67. The van der Waals surface area contributed by atoms with E-state index in [0.717, 1.165) is 30.4 Å². The molecule has 6 nitrogen and oxygen atoms in total. The molecule has 0 bridgehead atoms. The van der Waals surface area contributed by atoms with Crippen LogP contribution in [-0.2, 0) is 22.6 Å². The number of amides is 2. The summed E-state index contributed by atoms with van der Waals surface area (Å²) in [6.45, 7) is 7.11. The van der Waals surface area contributed by atoms with E-state index in [1.54, 1.807) is 0 Å². The summed E-state index contributed by atoms with van der Waals surface area (Å²) in [6, 6.07) is 18.2. The quantitative estimate of drug-likeness (QED) is 0.488. The Labute approximate surface area is 232 Å². The molecule has 39 heavy (non-hydrogen) atoms. The molecule has 2 aromatic carbocycles. The van der Waals surface area contributed by atoms with Gasteiger partial charge in [-0.1, -0.05) is 72.8 Å². The van der Waals surface area contributed by atoms with Crippen LogP contribution in [0.5, 0.6) is 0 Å². The molecule has 6 heteroatoms. The average Bonchev–Trinajstić information content (AvgIpc) is 2.97. The SMILES string of the molecule is CCN(CC)C(=O)C1C=CC(C2=CC3(CCN(C(=O)OCc4ccccc4)CC3)Cc3ccccc32)=CN1C. The van der Waals surface area contributed by atoms with Crippen molar-refractivity contribution in [2.45, 2.75) is 45.8 Å². The van der Waals surface area contributed by atoms with Gasteiger partial charge in [-0.2, -0.15) is 0 Å². The molecule has 1 unspecified atom stereocenters. The van der Waals surface area contributed by atoms with Crippen molar-refractivity contribution in [2.24, 2.45) is 5.41 Å². The highest BCUT2D eigenvalue weighted by atomic mass is 16.6. The lowest BCUT2D eigenvalue weighted by molar-refractivity contribution is -0.133. The molecule has 1 spiro atoms. The Morgan fingerprint density at radius 3 is 2.38 bits per heavy atom. The molecule has 5 rings (SSSR count). The summed E-state index contributed by atoms with van der Waals surface area (Å²) in [6.07, 6.45) is 11.2. The van der Waals surface area contributed by atoms with Gasteiger partial charge in [0.15, 0.2) is 0 Å². The number of rotatable bonds is 6. The van der Waals surface area contributed by atoms with Crippen LogP contribution in [-0.4, -0.2) is 66.0 Å². The van der Waals surface area contributed by atoms with Gasteiger partial charge in [-0.3, -0.25) is 4.79 Å². The van der Waals surface area contributed by atoms with Gasteiger partial charge in [0, 0.05) is 39.4 Å². The first kappa shape index (κ1) is 26.8. The predicted octanol–water partition coefficient (Wildman–Crippen LogP) is 5.67. The number of fused-ring (bicyclic) bond motifs is 1. The molecule has 1 aliphatic carbocycles. The number of carbonyl (C=O) groups excluding carboxylic acids is 2. The number of benzene rings is 2. The standard InChI is InChI=1S/C33H39N3O3/c1-4-35(5-2)31(37)30-16-15-27(23-34(30)3)29-22-33(21-26-13-9-10-14-28(26)29)17-19-36(20-18-33)32(38)39-24-25-11-7-6-8-12-25/h6-16,22-23,30H,4-5,17-21,24H2,1-3H3. The summed E-state index contributed by atoms with van der Waals surface area (Å²) >= 11 is 0. The lowest BCUT2D eigenvalue weighted by Gasteiger charge is -2.43. The van der Waals surface area contributed by atoms with Crippen LogP contribution in [0.2, 0.25) is 0 Å². The average molecular weight is 526 g/mol. The van der Waals surface area contributed by atoms with Gasteiger partial charge in [-0.05, 0) is 66.4 Å². The third-order valence-electron chi connectivity index (χ3n) is 8.40. The number of ether oxygens (including phenoxy) is 1. The Kier molecular flexibility index (Phi) is 7.92. The number of piperidine rings is 1. The summed E-state index contributed by atoms with van der Waals surface area (Å²) in [5.41, 5.74) is 5.92. The van der Waals surface area contributed by atoms with Gasteiger partial charge in [-0.15, -0.1) is 0 Å². The number of nitrogens with zero attached hydrogens (tertiary/aromatic N) is 3. The molecular weight excluding hydrogens is 486 g/mol. The lowest BCUT2D eigenvalue weighted by Crippen LogP contribution is -2.45. The van der Waals surface area contributed by atoms with E-state index in [4.69, 9.17) is 4.74 Å². The van der Waals surface area contributed by atoms with Crippen LogP contribution >= 0.6 is 0 Å². The first-order chi connectivity index (χ1) is 18.9. The second kappa shape index (κ2) is 11.5. The number of likely N-dealkylation sites (tertiary alicyclic amines) is 1. The fourth-order valence-corrected chi connectivity index (χ4v) is 6.07. The summed E-state index contributed by atoms with van der Waals surface area (Å²) in [5, 5.41) is 0. The van der Waals surface area contributed by atoms with Crippen molar-refractivity contribution < 1.29 is 14.3 Å². The van der Waals surface area contributed by atoms with Gasteiger partial charge in [0.2, 0.25) is 5.91 Å². The highest BCUT2D eigenvalue weighted by molar-refractivity contribution is 5.88. The Morgan fingerprint density at radius 1 is 1.00 bits per heavy atom. The zero-order valence-electron chi connectivity index (χ0n) is 23.3. The smallest absolute Gasteiger partial charge is 0.410 e. The molecule has 0 saturated carbocycles. The van der Waals surface area contributed by atoms with E-state index in [1.807, 2.05) is 72.0 Å². The topological polar surface area (TPSA) is 53.1 Å². The molecule has 204 valence electrons. The Hall–Kier alpha value is -3.80. The van der Waals surface area contributed by atoms with Gasteiger partial charge in [0.1, 0.15) is 12.6 Å². The number of likely N-dealkylation sites (N-methyl/N-ethyl adjacent to an activating group) is 2. The highest BCUT2D eigenvalue weighted by Gasteiger charge is 2.39. The fourth-order valence-electron chi connectivity index (χ4n) is 6.07. The van der Waals surface area contributed by atoms with Gasteiger partial charge >= 0.3 is 6.09 Å². The van der Waals surface area contributed by atoms with Crippen LogP contribution in [0.4, 0.5) is 4.79 Å². The van der Waals surface area contributed by atoms with E-state index in [9.17, 15) is 9.59 Å². The molecular formula is C33H39N3O3. The molecule has 1 fully saturated rings. The first-order valence-corrected chi connectivity index (χ1v) is 14.1. The third kappa shape index (κ3) is 5.65. The van der Waals surface area contributed by atoms with Crippen LogP contribution < -0.4 is 0 Å². The second-order valence-electron chi connectivity index (χ2n) is 10.8. The zero-order valence-corrected chi connectivity index (χ0v) is 23.3. The van der Waals surface area contributed by atoms with Crippen molar-refractivity contribution in [3.05, 3.63) is 101 Å². The monoisotopic (exact) mass is 525 g/mol. The van der Waals surface area contributed by atoms with E-state index >= 15 is 0 Å². The molecule has 2 amide bonds. The molecule has 0 N–H and O–H groups in total. The first-order valence-electron chi connectivity index (χ1n) is 14.1. The molecule has 2 aliphatic heterocycles. The van der Waals surface area contributed by atoms with Crippen molar-refractivity contribution in [1.82, 2.24) is 14.7 Å². The van der Waals surface area contributed by atoms with E-state index < -0.39 is 0 Å². The van der Waals surface area contributed by atoms with Crippen molar-refractivity contribution in [3.8, 4) is 0 Å². The number of carbonyl (C=O) groups is 2. The second-order valence-corrected chi connectivity index (χ2v) is 10.8. The maximum absolute atomic E-state index is 13.1. The molecule has 0 aromatic heterocycles. The van der Waals surface area contributed by atoms with Crippen molar-refractivity contribution in [3.63, 3.8) is 0 Å². The molecule has 2 heterocycles. The van der Waals surface area contributed by atoms with Gasteiger partial charge in [0.05, 0.1) is 0 Å². The summed E-state index contributed by atoms with van der Waals surface area (Å²) in [5.74, 6) is 0.134. The normalized spacial score (nSPS) is 19.7. The fraction of sp³-hybridized carbons (Fsp3) is 0.394. The predicted molar refractivity (Wildman–Crippen MR) is 155 cm³/mol. The highest BCUT2D eigenvalue weighted by Crippen LogP contribution is 2.46. The minimum Gasteiger partial charge on any atom is -0.445 e. The molecule has 0 radical (unpaired) electrons. The molecule has 3 aliphatic rings. The van der Waals surface area contributed by atoms with Gasteiger partial charge in [-0.25, -0.2) is 4.79 Å². The van der Waals surface area contributed by atoms with Gasteiger partial charge in [0.25, 0.3) is 0 Å². The van der Waals surface area contributed by atoms with Crippen molar-refractivity contribution in [1.29, 1.82) is 0 Å².